The second-order valence-corrected chi connectivity index (χ2v) is 4.65. The van der Waals surface area contributed by atoms with Gasteiger partial charge in [0.05, 0.1) is 0 Å². The van der Waals surface area contributed by atoms with Crippen LogP contribution in [0, 0.1) is 6.92 Å². The zero-order chi connectivity index (χ0) is 9.64. The van der Waals surface area contributed by atoms with Crippen molar-refractivity contribution < 1.29 is 5.11 Å². The molecule has 0 atom stereocenters. The van der Waals surface area contributed by atoms with E-state index in [4.69, 9.17) is 5.73 Å². The monoisotopic (exact) mass is 241 g/mol. The quantitative estimate of drug-likeness (QED) is 0.794. The number of phenolic OH excluding ortho intramolecular Hbond substituents is 1. The van der Waals surface area contributed by atoms with Crippen LogP contribution in [-0.2, 0) is 5.54 Å². The number of aryl methyl sites for hydroxylation is 1. The third-order valence-corrected chi connectivity index (χ3v) is 3.13. The lowest BCUT2D eigenvalue weighted by Gasteiger charge is -2.14. The minimum atomic E-state index is -0.281. The van der Waals surface area contributed by atoms with Crippen molar-refractivity contribution in [1.29, 1.82) is 0 Å². The first-order valence-corrected chi connectivity index (χ1v) is 5.11. The lowest BCUT2D eigenvalue weighted by Crippen LogP contribution is -2.19. The molecule has 1 aliphatic rings. The predicted molar refractivity (Wildman–Crippen MR) is 55.6 cm³/mol. The molecule has 1 aromatic rings. The van der Waals surface area contributed by atoms with E-state index in [-0.39, 0.29) is 5.54 Å². The van der Waals surface area contributed by atoms with E-state index >= 15 is 0 Å². The van der Waals surface area contributed by atoms with E-state index in [1.54, 1.807) is 6.07 Å². The number of benzene rings is 1. The van der Waals surface area contributed by atoms with Crippen LogP contribution in [0.5, 0.6) is 5.75 Å². The largest absolute Gasteiger partial charge is 0.508 e. The Kier molecular flexibility index (Phi) is 1.89. The zero-order valence-corrected chi connectivity index (χ0v) is 9.06. The number of nitrogens with two attached hydrogens (primary N) is 1. The number of hydrogen-bond donors (Lipinski definition) is 2. The molecule has 0 radical (unpaired) electrons. The number of phenols is 1. The molecule has 1 aliphatic carbocycles. The van der Waals surface area contributed by atoms with Crippen molar-refractivity contribution in [3.8, 4) is 5.75 Å². The third kappa shape index (κ3) is 1.46. The van der Waals surface area contributed by atoms with Crippen molar-refractivity contribution in [2.24, 2.45) is 5.73 Å². The van der Waals surface area contributed by atoms with Gasteiger partial charge in [-0.25, -0.2) is 0 Å². The standard InChI is InChI=1S/C10H12BrNO/c1-6-4-7(11)9(8(13)5-6)10(12)2-3-10/h4-5,13H,2-3,12H2,1H3. The van der Waals surface area contributed by atoms with Crippen molar-refractivity contribution in [2.45, 2.75) is 25.3 Å². The molecule has 2 nitrogen and oxygen atoms in total. The number of halogens is 1. The molecule has 1 saturated carbocycles. The zero-order valence-electron chi connectivity index (χ0n) is 7.47. The summed E-state index contributed by atoms with van der Waals surface area (Å²) < 4.78 is 0.921. The molecule has 0 amide bonds. The van der Waals surface area contributed by atoms with Crippen LogP contribution in [0.1, 0.15) is 24.0 Å². The van der Waals surface area contributed by atoms with E-state index in [0.29, 0.717) is 5.75 Å². The molecule has 0 unspecified atom stereocenters. The van der Waals surface area contributed by atoms with Crippen LogP contribution in [0.3, 0.4) is 0 Å². The maximum Gasteiger partial charge on any atom is 0.122 e. The van der Waals surface area contributed by atoms with Gasteiger partial charge < -0.3 is 10.8 Å². The summed E-state index contributed by atoms with van der Waals surface area (Å²) in [6.45, 7) is 1.95. The lowest BCUT2D eigenvalue weighted by molar-refractivity contribution is 0.458. The molecule has 1 fully saturated rings. The molecule has 0 bridgehead atoms. The third-order valence-electron chi connectivity index (χ3n) is 2.50. The van der Waals surface area contributed by atoms with Crippen LogP contribution in [0.2, 0.25) is 0 Å². The van der Waals surface area contributed by atoms with Gasteiger partial charge in [0.15, 0.2) is 0 Å². The average Bonchev–Trinajstić information content (AvgIpc) is 2.65. The van der Waals surface area contributed by atoms with Crippen molar-refractivity contribution >= 4 is 15.9 Å². The van der Waals surface area contributed by atoms with E-state index < -0.39 is 0 Å². The number of aromatic hydroxyl groups is 1. The Morgan fingerprint density at radius 1 is 1.46 bits per heavy atom. The molecule has 13 heavy (non-hydrogen) atoms. The average molecular weight is 242 g/mol. The van der Waals surface area contributed by atoms with Gasteiger partial charge in [-0.3, -0.25) is 0 Å². The van der Waals surface area contributed by atoms with Gasteiger partial charge in [0, 0.05) is 15.6 Å². The smallest absolute Gasteiger partial charge is 0.122 e. The normalized spacial score (nSPS) is 18.7. The molecule has 1 aromatic carbocycles. The lowest BCUT2D eigenvalue weighted by atomic mass is 10.0. The second-order valence-electron chi connectivity index (χ2n) is 3.80. The summed E-state index contributed by atoms with van der Waals surface area (Å²) in [4.78, 5) is 0. The Morgan fingerprint density at radius 3 is 2.54 bits per heavy atom. The van der Waals surface area contributed by atoms with Gasteiger partial charge in [0.2, 0.25) is 0 Å². The van der Waals surface area contributed by atoms with E-state index in [9.17, 15) is 5.11 Å². The highest BCUT2D eigenvalue weighted by Crippen LogP contribution is 2.49. The Bertz CT molecular complexity index is 335. The number of hydrogen-bond acceptors (Lipinski definition) is 2. The van der Waals surface area contributed by atoms with Crippen molar-refractivity contribution in [1.82, 2.24) is 0 Å². The van der Waals surface area contributed by atoms with Crippen LogP contribution >= 0.6 is 15.9 Å². The van der Waals surface area contributed by atoms with E-state index in [0.717, 1.165) is 28.4 Å². The molecule has 0 saturated heterocycles. The highest BCUT2D eigenvalue weighted by molar-refractivity contribution is 9.10. The maximum atomic E-state index is 9.74. The molecule has 2 rings (SSSR count). The van der Waals surface area contributed by atoms with Crippen LogP contribution in [-0.4, -0.2) is 5.11 Å². The first-order chi connectivity index (χ1) is 6.03. The summed E-state index contributed by atoms with van der Waals surface area (Å²) in [5.41, 5.74) is 7.65. The number of rotatable bonds is 1. The first-order valence-electron chi connectivity index (χ1n) is 4.31. The molecule has 70 valence electrons. The summed E-state index contributed by atoms with van der Waals surface area (Å²) in [6.07, 6.45) is 1.92. The highest BCUT2D eigenvalue weighted by atomic mass is 79.9. The Morgan fingerprint density at radius 2 is 2.08 bits per heavy atom. The SMILES string of the molecule is Cc1cc(O)c(C2(N)CC2)c(Br)c1. The van der Waals surface area contributed by atoms with E-state index in [2.05, 4.69) is 15.9 Å². The van der Waals surface area contributed by atoms with Crippen LogP contribution in [0.15, 0.2) is 16.6 Å². The second kappa shape index (κ2) is 2.72. The van der Waals surface area contributed by atoms with Gasteiger partial charge in [-0.2, -0.15) is 0 Å². The van der Waals surface area contributed by atoms with Gasteiger partial charge >= 0.3 is 0 Å². The minimum Gasteiger partial charge on any atom is -0.508 e. The van der Waals surface area contributed by atoms with Gasteiger partial charge in [0.25, 0.3) is 0 Å². The highest BCUT2D eigenvalue weighted by Gasteiger charge is 2.43. The van der Waals surface area contributed by atoms with Crippen LogP contribution in [0.4, 0.5) is 0 Å². The predicted octanol–water partition coefficient (Wildman–Crippen LogP) is 2.41. The van der Waals surface area contributed by atoms with Gasteiger partial charge in [-0.1, -0.05) is 15.9 Å². The molecular formula is C10H12BrNO. The van der Waals surface area contributed by atoms with Gasteiger partial charge in [-0.15, -0.1) is 0 Å². The Hall–Kier alpha value is -0.540. The Labute approximate surface area is 85.9 Å². The summed E-state index contributed by atoms with van der Waals surface area (Å²) in [5, 5.41) is 9.74. The fourth-order valence-corrected chi connectivity index (χ4v) is 2.56. The molecule has 3 N–H and O–H groups in total. The maximum absolute atomic E-state index is 9.74. The molecule has 3 heteroatoms. The van der Waals surface area contributed by atoms with Crippen molar-refractivity contribution in [3.63, 3.8) is 0 Å². The topological polar surface area (TPSA) is 46.2 Å². The van der Waals surface area contributed by atoms with Gasteiger partial charge in [-0.05, 0) is 37.5 Å². The fourth-order valence-electron chi connectivity index (χ4n) is 1.60. The molecule has 0 spiro atoms. The summed E-state index contributed by atoms with van der Waals surface area (Å²) >= 11 is 3.43. The molecular weight excluding hydrogens is 230 g/mol. The summed E-state index contributed by atoms with van der Waals surface area (Å²) in [6, 6.07) is 3.75. The molecule has 0 heterocycles. The molecule has 0 aliphatic heterocycles. The van der Waals surface area contributed by atoms with Crippen LogP contribution < -0.4 is 5.73 Å². The van der Waals surface area contributed by atoms with Crippen molar-refractivity contribution in [2.75, 3.05) is 0 Å². The first kappa shape index (κ1) is 9.03. The van der Waals surface area contributed by atoms with Gasteiger partial charge in [0.1, 0.15) is 5.75 Å². The van der Waals surface area contributed by atoms with E-state index in [1.807, 2.05) is 13.0 Å². The minimum absolute atomic E-state index is 0.281. The summed E-state index contributed by atoms with van der Waals surface area (Å²) in [5.74, 6) is 0.312. The fraction of sp³-hybridized carbons (Fsp3) is 0.400. The Balaban J connectivity index is 2.57. The van der Waals surface area contributed by atoms with Crippen LogP contribution in [0.25, 0.3) is 0 Å². The molecule has 0 aromatic heterocycles. The van der Waals surface area contributed by atoms with E-state index in [1.165, 1.54) is 0 Å². The summed E-state index contributed by atoms with van der Waals surface area (Å²) in [7, 11) is 0. The van der Waals surface area contributed by atoms with Crippen molar-refractivity contribution in [3.05, 3.63) is 27.7 Å².